The van der Waals surface area contributed by atoms with Gasteiger partial charge in [-0.3, -0.25) is 19.3 Å². The van der Waals surface area contributed by atoms with Gasteiger partial charge < -0.3 is 16.0 Å². The first-order valence-electron chi connectivity index (χ1n) is 12.2. The molecule has 0 aromatic heterocycles. The van der Waals surface area contributed by atoms with Gasteiger partial charge in [0.2, 0.25) is 11.8 Å². The molecule has 0 spiro atoms. The average molecular weight is 463 g/mol. The van der Waals surface area contributed by atoms with Crippen molar-refractivity contribution < 1.29 is 14.4 Å². The molecule has 1 saturated heterocycles. The number of aryl methyl sites for hydroxylation is 1. The molecule has 0 unspecified atom stereocenters. The topological polar surface area (TPSA) is 95.7 Å². The van der Waals surface area contributed by atoms with Gasteiger partial charge in [0.1, 0.15) is 6.04 Å². The van der Waals surface area contributed by atoms with Crippen LogP contribution >= 0.6 is 0 Å². The smallest absolute Gasteiger partial charge is 0.253 e. The minimum atomic E-state index is -0.833. The van der Waals surface area contributed by atoms with E-state index in [9.17, 15) is 14.4 Å². The van der Waals surface area contributed by atoms with Crippen LogP contribution in [0.1, 0.15) is 53.2 Å². The number of hydrogen-bond donors (Lipinski definition) is 2. The maximum absolute atomic E-state index is 13.3. The third kappa shape index (κ3) is 5.47. The van der Waals surface area contributed by atoms with Crippen molar-refractivity contribution in [1.29, 1.82) is 0 Å². The molecule has 4 rings (SSSR count). The molecule has 0 bridgehead atoms. The van der Waals surface area contributed by atoms with Gasteiger partial charge >= 0.3 is 0 Å². The minimum Gasteiger partial charge on any atom is -0.368 e. The quantitative estimate of drug-likeness (QED) is 0.690. The lowest BCUT2D eigenvalue weighted by molar-refractivity contribution is -0.133. The summed E-state index contributed by atoms with van der Waals surface area (Å²) in [4.78, 5) is 42.5. The van der Waals surface area contributed by atoms with E-state index in [1.165, 1.54) is 0 Å². The van der Waals surface area contributed by atoms with E-state index in [-0.39, 0.29) is 23.8 Å². The van der Waals surface area contributed by atoms with Gasteiger partial charge in [0.05, 0.1) is 5.92 Å². The Labute approximate surface area is 201 Å². The lowest BCUT2D eigenvalue weighted by Crippen LogP contribution is -2.56. The number of primary amides is 1. The molecular weight excluding hydrogens is 428 g/mol. The van der Waals surface area contributed by atoms with Crippen LogP contribution in [0.15, 0.2) is 54.6 Å². The monoisotopic (exact) mass is 462 g/mol. The van der Waals surface area contributed by atoms with Crippen LogP contribution in [0.25, 0.3) is 0 Å². The number of hydrogen-bond acceptors (Lipinski definition) is 4. The molecule has 1 saturated carbocycles. The largest absolute Gasteiger partial charge is 0.368 e. The number of amides is 3. The van der Waals surface area contributed by atoms with Gasteiger partial charge in [-0.1, -0.05) is 60.9 Å². The minimum absolute atomic E-state index is 0.0600. The van der Waals surface area contributed by atoms with Crippen LogP contribution < -0.4 is 11.1 Å². The number of rotatable bonds is 6. The zero-order valence-corrected chi connectivity index (χ0v) is 19.8. The van der Waals surface area contributed by atoms with Gasteiger partial charge in [0, 0.05) is 37.8 Å². The summed E-state index contributed by atoms with van der Waals surface area (Å²) in [5.74, 6) is -0.811. The van der Waals surface area contributed by atoms with Crippen LogP contribution in [0, 0.1) is 12.8 Å². The molecular formula is C27H34N4O3. The van der Waals surface area contributed by atoms with Crippen molar-refractivity contribution in [3.8, 4) is 0 Å². The van der Waals surface area contributed by atoms with E-state index in [1.807, 2.05) is 54.3 Å². The van der Waals surface area contributed by atoms with Crippen LogP contribution in [0.4, 0.5) is 0 Å². The molecule has 0 radical (unpaired) electrons. The summed E-state index contributed by atoms with van der Waals surface area (Å²) < 4.78 is 0. The molecule has 3 N–H and O–H groups in total. The van der Waals surface area contributed by atoms with E-state index in [2.05, 4.69) is 10.2 Å². The lowest BCUT2D eigenvalue weighted by atomic mass is 9.82. The molecule has 7 nitrogen and oxygen atoms in total. The van der Waals surface area contributed by atoms with Crippen molar-refractivity contribution >= 4 is 17.7 Å². The Kier molecular flexibility index (Phi) is 7.63. The van der Waals surface area contributed by atoms with E-state index in [0.717, 1.165) is 44.3 Å². The second kappa shape index (κ2) is 10.8. The maximum Gasteiger partial charge on any atom is 0.253 e. The number of nitrogens with zero attached hydrogens (tertiary/aromatic N) is 2. The van der Waals surface area contributed by atoms with Crippen molar-refractivity contribution in [1.82, 2.24) is 15.1 Å². The first-order chi connectivity index (χ1) is 16.4. The zero-order valence-electron chi connectivity index (χ0n) is 19.8. The molecule has 2 aliphatic rings. The Morgan fingerprint density at radius 1 is 0.912 bits per heavy atom. The Bertz CT molecular complexity index is 1000. The van der Waals surface area contributed by atoms with E-state index >= 15 is 0 Å². The van der Waals surface area contributed by atoms with Crippen LogP contribution in [0.2, 0.25) is 0 Å². The summed E-state index contributed by atoms with van der Waals surface area (Å²) in [5.41, 5.74) is 8.16. The maximum atomic E-state index is 13.3. The van der Waals surface area contributed by atoms with Gasteiger partial charge in [-0.25, -0.2) is 0 Å². The second-order valence-corrected chi connectivity index (χ2v) is 9.41. The van der Waals surface area contributed by atoms with Crippen LogP contribution in [-0.4, -0.2) is 59.7 Å². The van der Waals surface area contributed by atoms with Gasteiger partial charge in [-0.05, 0) is 37.5 Å². The summed E-state index contributed by atoms with van der Waals surface area (Å²) in [7, 11) is 0. The third-order valence-electron chi connectivity index (χ3n) is 7.14. The zero-order chi connectivity index (χ0) is 24.1. The molecule has 3 amide bonds. The molecule has 34 heavy (non-hydrogen) atoms. The van der Waals surface area contributed by atoms with Crippen molar-refractivity contribution in [3.05, 3.63) is 71.3 Å². The van der Waals surface area contributed by atoms with Crippen molar-refractivity contribution in [2.45, 2.75) is 44.7 Å². The Balaban J connectivity index is 1.39. The highest BCUT2D eigenvalue weighted by Gasteiger charge is 2.38. The Morgan fingerprint density at radius 3 is 2.21 bits per heavy atom. The predicted octanol–water partition coefficient (Wildman–Crippen LogP) is 2.65. The summed E-state index contributed by atoms with van der Waals surface area (Å²) in [6.45, 7) is 4.78. The highest BCUT2D eigenvalue weighted by atomic mass is 16.2. The van der Waals surface area contributed by atoms with Crippen molar-refractivity contribution in [2.75, 3.05) is 26.2 Å². The number of nitrogens with one attached hydrogen (secondary N) is 1. The van der Waals surface area contributed by atoms with Gasteiger partial charge in [0.25, 0.3) is 5.91 Å². The molecule has 180 valence electrons. The number of piperazine rings is 1. The fourth-order valence-electron chi connectivity index (χ4n) is 5.20. The molecule has 1 heterocycles. The van der Waals surface area contributed by atoms with Crippen LogP contribution in [-0.2, 0) is 9.59 Å². The highest BCUT2D eigenvalue weighted by molar-refractivity contribution is 5.94. The molecule has 1 aliphatic carbocycles. The third-order valence-corrected chi connectivity index (χ3v) is 7.14. The number of benzene rings is 2. The van der Waals surface area contributed by atoms with E-state index in [4.69, 9.17) is 5.73 Å². The first kappa shape index (κ1) is 24.0. The van der Waals surface area contributed by atoms with Crippen molar-refractivity contribution in [3.63, 3.8) is 0 Å². The summed E-state index contributed by atoms with van der Waals surface area (Å²) in [6.07, 6.45) is 3.80. The van der Waals surface area contributed by atoms with Gasteiger partial charge in [0.15, 0.2) is 0 Å². The number of carbonyl (C=O) groups excluding carboxylic acids is 3. The predicted molar refractivity (Wildman–Crippen MR) is 131 cm³/mol. The Hall–Kier alpha value is -3.19. The second-order valence-electron chi connectivity index (χ2n) is 9.41. The molecule has 2 aromatic rings. The van der Waals surface area contributed by atoms with Gasteiger partial charge in [-0.15, -0.1) is 0 Å². The summed E-state index contributed by atoms with van der Waals surface area (Å²) in [6, 6.07) is 16.1. The average Bonchev–Trinajstić information content (AvgIpc) is 2.87. The van der Waals surface area contributed by atoms with Crippen LogP contribution in [0.5, 0.6) is 0 Å². The molecule has 2 aromatic carbocycles. The number of nitrogens with two attached hydrogens (primary N) is 1. The Morgan fingerprint density at radius 2 is 1.56 bits per heavy atom. The summed E-state index contributed by atoms with van der Waals surface area (Å²) in [5, 5.41) is 2.92. The molecule has 3 atom stereocenters. The number of carbonyl (C=O) groups is 3. The highest BCUT2D eigenvalue weighted by Crippen LogP contribution is 2.30. The fourth-order valence-corrected chi connectivity index (χ4v) is 5.20. The molecule has 7 heteroatoms. The SMILES string of the molecule is Cc1ccc(C(=O)N2CCN([C@@H]3CCCC[C@H]3C(=O)N[C@H](C(N)=O)c3ccccc3)CC2)cc1. The van der Waals surface area contributed by atoms with Crippen molar-refractivity contribution in [2.24, 2.45) is 11.7 Å². The van der Waals surface area contributed by atoms with E-state index in [1.54, 1.807) is 12.1 Å². The normalized spacial score (nSPS) is 22.1. The van der Waals surface area contributed by atoms with E-state index < -0.39 is 11.9 Å². The molecule has 1 aliphatic heterocycles. The van der Waals surface area contributed by atoms with E-state index in [0.29, 0.717) is 24.2 Å². The standard InChI is InChI=1S/C27H34N4O3/c1-19-11-13-21(14-12-19)27(34)31-17-15-30(16-18-31)23-10-6-5-9-22(23)26(33)29-24(25(28)32)20-7-3-2-4-8-20/h2-4,7-8,11-14,22-24H,5-6,9-10,15-18H2,1H3,(H2,28,32)(H,29,33)/t22-,23-,24+/m1/s1. The first-order valence-corrected chi connectivity index (χ1v) is 12.2. The van der Waals surface area contributed by atoms with Gasteiger partial charge in [-0.2, -0.15) is 0 Å². The summed E-state index contributed by atoms with van der Waals surface area (Å²) >= 11 is 0. The lowest BCUT2D eigenvalue weighted by Gasteiger charge is -2.44. The molecule has 2 fully saturated rings. The fraction of sp³-hybridized carbons (Fsp3) is 0.444. The van der Waals surface area contributed by atoms with Crippen LogP contribution in [0.3, 0.4) is 0 Å².